The molecule has 0 aliphatic carbocycles. The summed E-state index contributed by atoms with van der Waals surface area (Å²) >= 11 is 0. The van der Waals surface area contributed by atoms with Crippen LogP contribution in [0.2, 0.25) is 0 Å². The maximum absolute atomic E-state index is 11.7. The number of rotatable bonds is 4. The number of carbonyl (C=O) groups excluding carboxylic acids is 1. The minimum Gasteiger partial charge on any atom is -0.389 e. The number of aryl methyl sites for hydroxylation is 2. The summed E-state index contributed by atoms with van der Waals surface area (Å²) in [7, 11) is 0. The van der Waals surface area contributed by atoms with Gasteiger partial charge in [0.1, 0.15) is 0 Å². The van der Waals surface area contributed by atoms with Crippen molar-refractivity contribution in [2.45, 2.75) is 39.7 Å². The van der Waals surface area contributed by atoms with Gasteiger partial charge in [-0.2, -0.15) is 4.98 Å². The van der Waals surface area contributed by atoms with Crippen LogP contribution in [0.1, 0.15) is 30.8 Å². The van der Waals surface area contributed by atoms with Gasteiger partial charge < -0.3 is 15.4 Å². The van der Waals surface area contributed by atoms with Gasteiger partial charge in [-0.05, 0) is 27.7 Å². The van der Waals surface area contributed by atoms with E-state index in [-0.39, 0.29) is 18.9 Å². The van der Waals surface area contributed by atoms with E-state index in [1.54, 1.807) is 27.7 Å². The van der Waals surface area contributed by atoms with Crippen LogP contribution in [0.15, 0.2) is 4.79 Å². The highest BCUT2D eigenvalue weighted by molar-refractivity contribution is 5.79. The number of hydrogen-bond donors (Lipinski definition) is 3. The fourth-order valence-corrected chi connectivity index (χ4v) is 1.55. The summed E-state index contributed by atoms with van der Waals surface area (Å²) in [6.45, 7) is 6.84. The Hall–Kier alpha value is -1.69. The average molecular weight is 253 g/mol. The van der Waals surface area contributed by atoms with Crippen LogP contribution in [-0.2, 0) is 11.2 Å². The Morgan fingerprint density at radius 2 is 2.06 bits per heavy atom. The summed E-state index contributed by atoms with van der Waals surface area (Å²) in [4.78, 5) is 29.1. The molecule has 1 aromatic heterocycles. The summed E-state index contributed by atoms with van der Waals surface area (Å²) in [6.07, 6.45) is 0.136. The zero-order valence-corrected chi connectivity index (χ0v) is 11.1. The highest BCUT2D eigenvalue weighted by Crippen LogP contribution is 2.07. The molecule has 18 heavy (non-hydrogen) atoms. The van der Waals surface area contributed by atoms with Crippen LogP contribution in [0, 0.1) is 13.8 Å². The van der Waals surface area contributed by atoms with E-state index >= 15 is 0 Å². The summed E-state index contributed by atoms with van der Waals surface area (Å²) in [6, 6.07) is 0. The maximum Gasteiger partial charge on any atom is 0.345 e. The topological polar surface area (TPSA) is 95.1 Å². The Balaban J connectivity index is 2.74. The molecule has 0 spiro atoms. The van der Waals surface area contributed by atoms with Gasteiger partial charge in [0.25, 0.3) is 0 Å². The lowest BCUT2D eigenvalue weighted by Gasteiger charge is -2.18. The normalized spacial score (nSPS) is 11.4. The van der Waals surface area contributed by atoms with Crippen molar-refractivity contribution in [3.63, 3.8) is 0 Å². The van der Waals surface area contributed by atoms with Crippen LogP contribution in [-0.4, -0.2) is 33.1 Å². The number of nitrogens with one attached hydrogen (secondary N) is 2. The molecule has 0 aliphatic heterocycles. The smallest absolute Gasteiger partial charge is 0.345 e. The molecule has 0 aliphatic rings. The van der Waals surface area contributed by atoms with E-state index in [4.69, 9.17) is 0 Å². The Morgan fingerprint density at radius 1 is 1.44 bits per heavy atom. The minimum absolute atomic E-state index is 0.136. The molecule has 0 atom stereocenters. The number of hydrogen-bond acceptors (Lipinski definition) is 4. The summed E-state index contributed by atoms with van der Waals surface area (Å²) in [5.41, 5.74) is 0.553. The Bertz CT molecular complexity index is 474. The number of aromatic amines is 1. The van der Waals surface area contributed by atoms with Crippen molar-refractivity contribution >= 4 is 5.91 Å². The second kappa shape index (κ2) is 5.30. The Labute approximate surface area is 105 Å². The first-order valence-electron chi connectivity index (χ1n) is 5.74. The van der Waals surface area contributed by atoms with E-state index in [1.807, 2.05) is 0 Å². The van der Waals surface area contributed by atoms with Crippen LogP contribution >= 0.6 is 0 Å². The van der Waals surface area contributed by atoms with Gasteiger partial charge >= 0.3 is 5.69 Å². The van der Waals surface area contributed by atoms with Crippen molar-refractivity contribution in [2.75, 3.05) is 6.54 Å². The molecule has 100 valence electrons. The Kier molecular flexibility index (Phi) is 4.24. The third-order valence-electron chi connectivity index (χ3n) is 2.51. The zero-order valence-electron chi connectivity index (χ0n) is 11.1. The summed E-state index contributed by atoms with van der Waals surface area (Å²) in [5.74, 6) is -0.211. The second-order valence-corrected chi connectivity index (χ2v) is 5.00. The fraction of sp³-hybridized carbons (Fsp3) is 0.583. The average Bonchev–Trinajstić information content (AvgIpc) is 2.19. The quantitative estimate of drug-likeness (QED) is 0.693. The molecule has 0 unspecified atom stereocenters. The van der Waals surface area contributed by atoms with Crippen LogP contribution in [0.5, 0.6) is 0 Å². The summed E-state index contributed by atoms with van der Waals surface area (Å²) in [5, 5.41) is 12.1. The third kappa shape index (κ3) is 4.29. The fourth-order valence-electron chi connectivity index (χ4n) is 1.55. The van der Waals surface area contributed by atoms with Crippen molar-refractivity contribution in [1.29, 1.82) is 0 Å². The lowest BCUT2D eigenvalue weighted by atomic mass is 10.1. The van der Waals surface area contributed by atoms with Crippen molar-refractivity contribution in [2.24, 2.45) is 0 Å². The molecule has 1 rings (SSSR count). The van der Waals surface area contributed by atoms with Crippen molar-refractivity contribution in [3.8, 4) is 0 Å². The first-order valence-corrected chi connectivity index (χ1v) is 5.74. The maximum atomic E-state index is 11.7. The van der Waals surface area contributed by atoms with Gasteiger partial charge in [0.2, 0.25) is 5.91 Å². The number of amides is 1. The van der Waals surface area contributed by atoms with Crippen LogP contribution in [0.25, 0.3) is 0 Å². The molecule has 0 saturated heterocycles. The van der Waals surface area contributed by atoms with Crippen LogP contribution in [0.3, 0.4) is 0 Å². The van der Waals surface area contributed by atoms with Gasteiger partial charge in [-0.3, -0.25) is 4.79 Å². The first kappa shape index (κ1) is 14.4. The number of aliphatic hydroxyl groups is 1. The number of carbonyl (C=O) groups is 1. The predicted octanol–water partition coefficient (Wildman–Crippen LogP) is -0.184. The third-order valence-corrected chi connectivity index (χ3v) is 2.51. The minimum atomic E-state index is -0.941. The van der Waals surface area contributed by atoms with E-state index in [9.17, 15) is 14.7 Å². The van der Waals surface area contributed by atoms with E-state index in [2.05, 4.69) is 15.3 Å². The number of nitrogens with zero attached hydrogens (tertiary/aromatic N) is 1. The molecule has 1 amide bonds. The van der Waals surface area contributed by atoms with Crippen molar-refractivity contribution < 1.29 is 9.90 Å². The standard InChI is InChI=1S/C12H19N3O3/c1-7-9(8(2)15-11(17)14-7)5-10(16)13-6-12(3,4)18/h18H,5-6H2,1-4H3,(H,13,16)(H,14,15,17). The zero-order chi connectivity index (χ0) is 13.9. The van der Waals surface area contributed by atoms with E-state index in [0.29, 0.717) is 17.0 Å². The lowest BCUT2D eigenvalue weighted by Crippen LogP contribution is -2.39. The predicted molar refractivity (Wildman–Crippen MR) is 67.3 cm³/mol. The molecule has 6 heteroatoms. The summed E-state index contributed by atoms with van der Waals surface area (Å²) < 4.78 is 0. The molecule has 3 N–H and O–H groups in total. The van der Waals surface area contributed by atoms with Crippen molar-refractivity contribution in [1.82, 2.24) is 15.3 Å². The van der Waals surface area contributed by atoms with Gasteiger partial charge in [0.05, 0.1) is 12.0 Å². The number of H-pyrrole nitrogens is 1. The largest absolute Gasteiger partial charge is 0.389 e. The molecule has 0 saturated carbocycles. The molecule has 0 bridgehead atoms. The highest BCUT2D eigenvalue weighted by Gasteiger charge is 2.15. The molecule has 0 radical (unpaired) electrons. The SMILES string of the molecule is Cc1nc(=O)[nH]c(C)c1CC(=O)NCC(C)(C)O. The van der Waals surface area contributed by atoms with Gasteiger partial charge in [-0.15, -0.1) is 0 Å². The van der Waals surface area contributed by atoms with E-state index in [1.165, 1.54) is 0 Å². The molecule has 0 fully saturated rings. The highest BCUT2D eigenvalue weighted by atomic mass is 16.3. The molecule has 1 aromatic rings. The van der Waals surface area contributed by atoms with Gasteiger partial charge in [-0.1, -0.05) is 0 Å². The number of aromatic nitrogens is 2. The van der Waals surface area contributed by atoms with Crippen LogP contribution < -0.4 is 11.0 Å². The van der Waals surface area contributed by atoms with Gasteiger partial charge in [0.15, 0.2) is 0 Å². The second-order valence-electron chi connectivity index (χ2n) is 5.00. The monoisotopic (exact) mass is 253 g/mol. The van der Waals surface area contributed by atoms with Crippen molar-refractivity contribution in [3.05, 3.63) is 27.4 Å². The van der Waals surface area contributed by atoms with Gasteiger partial charge in [-0.25, -0.2) is 4.79 Å². The molecule has 0 aromatic carbocycles. The first-order chi connectivity index (χ1) is 8.19. The van der Waals surface area contributed by atoms with Gasteiger partial charge in [0, 0.05) is 23.5 Å². The molecule has 6 nitrogen and oxygen atoms in total. The lowest BCUT2D eigenvalue weighted by molar-refractivity contribution is -0.121. The Morgan fingerprint density at radius 3 is 2.56 bits per heavy atom. The molecular formula is C12H19N3O3. The van der Waals surface area contributed by atoms with E-state index < -0.39 is 11.3 Å². The van der Waals surface area contributed by atoms with Crippen LogP contribution in [0.4, 0.5) is 0 Å². The van der Waals surface area contributed by atoms with E-state index in [0.717, 1.165) is 0 Å². The molecular weight excluding hydrogens is 234 g/mol. The molecule has 1 heterocycles.